The van der Waals surface area contributed by atoms with E-state index in [2.05, 4.69) is 16.8 Å². The molecule has 1 amide bonds. The van der Waals surface area contributed by atoms with Gasteiger partial charge in [-0.3, -0.25) is 4.79 Å². The summed E-state index contributed by atoms with van der Waals surface area (Å²) >= 11 is 1.73. The molecule has 17 heavy (non-hydrogen) atoms. The molecule has 0 aliphatic rings. The zero-order valence-electron chi connectivity index (χ0n) is 9.63. The molecule has 0 saturated carbocycles. The van der Waals surface area contributed by atoms with Gasteiger partial charge in [-0.1, -0.05) is 6.07 Å². The van der Waals surface area contributed by atoms with E-state index in [0.29, 0.717) is 6.42 Å². The molecule has 2 rings (SSSR count). The van der Waals surface area contributed by atoms with Crippen molar-refractivity contribution in [1.82, 2.24) is 9.88 Å². The van der Waals surface area contributed by atoms with Gasteiger partial charge in [0.05, 0.1) is 0 Å². The molecule has 0 aromatic carbocycles. The van der Waals surface area contributed by atoms with Crippen LogP contribution in [0.3, 0.4) is 0 Å². The molecular formula is C13H16N2OS. The molecule has 3 nitrogen and oxygen atoms in total. The van der Waals surface area contributed by atoms with Crippen LogP contribution in [-0.4, -0.2) is 17.0 Å². The summed E-state index contributed by atoms with van der Waals surface area (Å²) in [5.41, 5.74) is 0. The number of nitrogens with one attached hydrogen (secondary N) is 1. The molecule has 4 heteroatoms. The Balaban J connectivity index is 1.61. The minimum absolute atomic E-state index is 0.121. The van der Waals surface area contributed by atoms with Gasteiger partial charge >= 0.3 is 0 Å². The number of aromatic nitrogens is 1. The van der Waals surface area contributed by atoms with Crippen molar-refractivity contribution in [3.05, 3.63) is 46.9 Å². The van der Waals surface area contributed by atoms with Gasteiger partial charge in [0.1, 0.15) is 0 Å². The van der Waals surface area contributed by atoms with Crippen molar-refractivity contribution in [1.29, 1.82) is 0 Å². The second kappa shape index (κ2) is 6.25. The van der Waals surface area contributed by atoms with Crippen LogP contribution < -0.4 is 5.32 Å². The molecule has 0 radical (unpaired) electrons. The van der Waals surface area contributed by atoms with E-state index in [1.165, 1.54) is 4.88 Å². The van der Waals surface area contributed by atoms with Gasteiger partial charge in [0, 0.05) is 36.8 Å². The lowest BCUT2D eigenvalue weighted by molar-refractivity contribution is -0.121. The standard InChI is InChI=1S/C13H16N2OS/c16-13(6-10-15-8-1-2-9-15)14-7-5-12-4-3-11-17-12/h1-4,8-9,11H,5-7,10H2,(H,14,16). The van der Waals surface area contributed by atoms with Crippen LogP contribution in [0.4, 0.5) is 0 Å². The monoisotopic (exact) mass is 248 g/mol. The van der Waals surface area contributed by atoms with Crippen molar-refractivity contribution in [2.45, 2.75) is 19.4 Å². The average Bonchev–Trinajstić information content (AvgIpc) is 2.99. The lowest BCUT2D eigenvalue weighted by Crippen LogP contribution is -2.26. The molecule has 0 atom stereocenters. The zero-order chi connectivity index (χ0) is 11.9. The van der Waals surface area contributed by atoms with E-state index in [9.17, 15) is 4.79 Å². The summed E-state index contributed by atoms with van der Waals surface area (Å²) in [6, 6.07) is 8.06. The number of thiophene rings is 1. The van der Waals surface area contributed by atoms with E-state index in [1.54, 1.807) is 11.3 Å². The Kier molecular flexibility index (Phi) is 4.38. The highest BCUT2D eigenvalue weighted by atomic mass is 32.1. The lowest BCUT2D eigenvalue weighted by Gasteiger charge is -2.05. The fourth-order valence-corrected chi connectivity index (χ4v) is 2.33. The number of rotatable bonds is 6. The van der Waals surface area contributed by atoms with Gasteiger partial charge < -0.3 is 9.88 Å². The van der Waals surface area contributed by atoms with Crippen LogP contribution >= 0.6 is 11.3 Å². The van der Waals surface area contributed by atoms with Gasteiger partial charge in [-0.25, -0.2) is 0 Å². The average molecular weight is 248 g/mol. The molecule has 90 valence electrons. The second-order valence-corrected chi connectivity index (χ2v) is 4.88. The van der Waals surface area contributed by atoms with E-state index in [0.717, 1.165) is 19.5 Å². The maximum Gasteiger partial charge on any atom is 0.221 e. The predicted molar refractivity (Wildman–Crippen MR) is 70.1 cm³/mol. The molecule has 2 aromatic rings. The summed E-state index contributed by atoms with van der Waals surface area (Å²) in [6.07, 6.45) is 5.41. The number of nitrogens with zero attached hydrogens (tertiary/aromatic N) is 1. The molecule has 1 N–H and O–H groups in total. The highest BCUT2D eigenvalue weighted by Gasteiger charge is 2.01. The summed E-state index contributed by atoms with van der Waals surface area (Å²) in [6.45, 7) is 1.48. The van der Waals surface area contributed by atoms with E-state index < -0.39 is 0 Å². The second-order valence-electron chi connectivity index (χ2n) is 3.85. The van der Waals surface area contributed by atoms with Crippen molar-refractivity contribution in [3.8, 4) is 0 Å². The number of carbonyl (C=O) groups is 1. The topological polar surface area (TPSA) is 34.0 Å². The molecular weight excluding hydrogens is 232 g/mol. The Labute approximate surface area is 105 Å². The molecule has 0 aliphatic carbocycles. The predicted octanol–water partition coefficient (Wildman–Crippen LogP) is 2.30. The van der Waals surface area contributed by atoms with Crippen molar-refractivity contribution >= 4 is 17.2 Å². The minimum Gasteiger partial charge on any atom is -0.356 e. The van der Waals surface area contributed by atoms with Crippen LogP contribution in [0.1, 0.15) is 11.3 Å². The number of hydrogen-bond donors (Lipinski definition) is 1. The number of aryl methyl sites for hydroxylation is 1. The van der Waals surface area contributed by atoms with Crippen LogP contribution in [0.15, 0.2) is 42.0 Å². The fourth-order valence-electron chi connectivity index (χ4n) is 1.62. The van der Waals surface area contributed by atoms with Crippen LogP contribution in [-0.2, 0) is 17.8 Å². The summed E-state index contributed by atoms with van der Waals surface area (Å²) < 4.78 is 2.01. The Morgan fingerprint density at radius 1 is 1.29 bits per heavy atom. The third-order valence-corrected chi connectivity index (χ3v) is 3.47. The van der Waals surface area contributed by atoms with E-state index in [4.69, 9.17) is 0 Å². The van der Waals surface area contributed by atoms with Crippen molar-refractivity contribution in [2.75, 3.05) is 6.54 Å². The first kappa shape index (κ1) is 11.9. The van der Waals surface area contributed by atoms with Crippen molar-refractivity contribution in [3.63, 3.8) is 0 Å². The zero-order valence-corrected chi connectivity index (χ0v) is 10.5. The van der Waals surface area contributed by atoms with Gasteiger partial charge in [-0.05, 0) is 30.0 Å². The highest BCUT2D eigenvalue weighted by Crippen LogP contribution is 2.08. The Morgan fingerprint density at radius 3 is 2.82 bits per heavy atom. The maximum absolute atomic E-state index is 11.5. The van der Waals surface area contributed by atoms with E-state index in [1.807, 2.05) is 35.2 Å². The van der Waals surface area contributed by atoms with Gasteiger partial charge in [0.2, 0.25) is 5.91 Å². The van der Waals surface area contributed by atoms with E-state index in [-0.39, 0.29) is 5.91 Å². The fraction of sp³-hybridized carbons (Fsp3) is 0.308. The summed E-state index contributed by atoms with van der Waals surface area (Å²) in [7, 11) is 0. The van der Waals surface area contributed by atoms with Crippen LogP contribution in [0.5, 0.6) is 0 Å². The van der Waals surface area contributed by atoms with E-state index >= 15 is 0 Å². The molecule has 0 aliphatic heterocycles. The van der Waals surface area contributed by atoms with Gasteiger partial charge in [-0.15, -0.1) is 11.3 Å². The molecule has 2 heterocycles. The largest absolute Gasteiger partial charge is 0.356 e. The quantitative estimate of drug-likeness (QED) is 0.836. The SMILES string of the molecule is O=C(CCn1cccc1)NCCc1cccs1. The molecule has 2 aromatic heterocycles. The first-order chi connectivity index (χ1) is 8.34. The van der Waals surface area contributed by atoms with Crippen LogP contribution in [0, 0.1) is 0 Å². The van der Waals surface area contributed by atoms with Gasteiger partial charge in [0.15, 0.2) is 0 Å². The smallest absolute Gasteiger partial charge is 0.221 e. The number of hydrogen-bond acceptors (Lipinski definition) is 2. The minimum atomic E-state index is 0.121. The first-order valence-corrected chi connectivity index (χ1v) is 6.62. The third-order valence-electron chi connectivity index (χ3n) is 2.54. The Morgan fingerprint density at radius 2 is 2.12 bits per heavy atom. The molecule has 0 bridgehead atoms. The summed E-state index contributed by atoms with van der Waals surface area (Å²) in [5, 5.41) is 5.00. The first-order valence-electron chi connectivity index (χ1n) is 5.74. The summed E-state index contributed by atoms with van der Waals surface area (Å²) in [5.74, 6) is 0.121. The van der Waals surface area contributed by atoms with Crippen molar-refractivity contribution in [2.24, 2.45) is 0 Å². The Hall–Kier alpha value is -1.55. The number of amides is 1. The molecule has 0 saturated heterocycles. The van der Waals surface area contributed by atoms with Crippen molar-refractivity contribution < 1.29 is 4.79 Å². The van der Waals surface area contributed by atoms with Gasteiger partial charge in [-0.2, -0.15) is 0 Å². The Bertz CT molecular complexity index is 434. The summed E-state index contributed by atoms with van der Waals surface area (Å²) in [4.78, 5) is 12.9. The third kappa shape index (κ3) is 4.07. The molecule has 0 unspecified atom stereocenters. The van der Waals surface area contributed by atoms with Crippen LogP contribution in [0.25, 0.3) is 0 Å². The molecule has 0 spiro atoms. The number of carbonyl (C=O) groups excluding carboxylic acids is 1. The maximum atomic E-state index is 11.5. The normalized spacial score (nSPS) is 10.4. The van der Waals surface area contributed by atoms with Crippen LogP contribution in [0.2, 0.25) is 0 Å². The highest BCUT2D eigenvalue weighted by molar-refractivity contribution is 7.09. The van der Waals surface area contributed by atoms with Gasteiger partial charge in [0.25, 0.3) is 0 Å². The lowest BCUT2D eigenvalue weighted by atomic mass is 10.3. The molecule has 0 fully saturated rings.